The number of carbonyl (C=O) groups is 2. The van der Waals surface area contributed by atoms with Gasteiger partial charge in [-0.05, 0) is 55.9 Å². The molecule has 0 aromatic heterocycles. The Balaban J connectivity index is 2.06. The van der Waals surface area contributed by atoms with Gasteiger partial charge >= 0.3 is 5.97 Å². The summed E-state index contributed by atoms with van der Waals surface area (Å²) in [5.41, 5.74) is 1.08. The molecule has 0 bridgehead atoms. The molecule has 144 valence electrons. The number of rotatable bonds is 8. The number of esters is 1. The van der Waals surface area contributed by atoms with Crippen molar-refractivity contribution >= 4 is 27.6 Å². The average Bonchev–Trinajstić information content (AvgIpc) is 2.68. The highest BCUT2D eigenvalue weighted by atomic mass is 32.2. The van der Waals surface area contributed by atoms with Crippen molar-refractivity contribution in [3.05, 3.63) is 59.7 Å². The zero-order valence-corrected chi connectivity index (χ0v) is 16.0. The fraction of sp³-hybridized carbons (Fsp3) is 0.263. The molecule has 8 heteroatoms. The number of ether oxygens (including phenoxy) is 1. The first-order valence-corrected chi connectivity index (χ1v) is 9.98. The Kier molecular flexibility index (Phi) is 7.09. The number of unbranched alkanes of at least 4 members (excludes halogenated alkanes) is 1. The third-order valence-corrected chi connectivity index (χ3v) is 5.20. The molecular formula is C19H22N2O5S. The minimum absolute atomic E-state index is 0.00261. The highest BCUT2D eigenvalue weighted by Gasteiger charge is 2.14. The lowest BCUT2D eigenvalue weighted by Crippen LogP contribution is -2.19. The minimum Gasteiger partial charge on any atom is -0.462 e. The molecule has 0 fully saturated rings. The van der Waals surface area contributed by atoms with Crippen LogP contribution >= 0.6 is 0 Å². The lowest BCUT2D eigenvalue weighted by Gasteiger charge is -2.08. The van der Waals surface area contributed by atoms with Gasteiger partial charge in [0.1, 0.15) is 0 Å². The summed E-state index contributed by atoms with van der Waals surface area (Å²) in [6, 6.07) is 12.0. The molecule has 27 heavy (non-hydrogen) atoms. The monoisotopic (exact) mass is 390 g/mol. The maximum absolute atomic E-state index is 12.4. The molecule has 0 atom stereocenters. The van der Waals surface area contributed by atoms with E-state index in [0.29, 0.717) is 17.9 Å². The number of hydrogen-bond donors (Lipinski definition) is 2. The first kappa shape index (κ1) is 20.6. The first-order valence-electron chi connectivity index (χ1n) is 8.49. The molecule has 0 spiro atoms. The zero-order valence-electron chi connectivity index (χ0n) is 15.2. The molecule has 0 radical (unpaired) electrons. The highest BCUT2D eigenvalue weighted by Crippen LogP contribution is 2.15. The van der Waals surface area contributed by atoms with E-state index in [9.17, 15) is 18.0 Å². The van der Waals surface area contributed by atoms with Gasteiger partial charge in [-0.3, -0.25) is 4.79 Å². The van der Waals surface area contributed by atoms with Crippen LogP contribution in [-0.2, 0) is 14.8 Å². The fourth-order valence-corrected chi connectivity index (χ4v) is 2.98. The van der Waals surface area contributed by atoms with Gasteiger partial charge < -0.3 is 10.1 Å². The Morgan fingerprint density at radius 3 is 2.37 bits per heavy atom. The molecule has 0 saturated carbocycles. The van der Waals surface area contributed by atoms with Crippen molar-refractivity contribution in [2.75, 3.05) is 19.0 Å². The summed E-state index contributed by atoms with van der Waals surface area (Å²) in [4.78, 5) is 24.2. The number of carbonyl (C=O) groups excluding carboxylic acids is 2. The van der Waals surface area contributed by atoms with Crippen molar-refractivity contribution in [2.45, 2.75) is 24.7 Å². The Labute approximate surface area is 158 Å². The van der Waals surface area contributed by atoms with E-state index in [-0.39, 0.29) is 10.5 Å². The molecule has 0 heterocycles. The highest BCUT2D eigenvalue weighted by molar-refractivity contribution is 7.89. The van der Waals surface area contributed by atoms with Crippen LogP contribution in [0.25, 0.3) is 0 Å². The Bertz CT molecular complexity index is 908. The molecule has 0 saturated heterocycles. The number of amides is 1. The van der Waals surface area contributed by atoms with E-state index >= 15 is 0 Å². The number of anilines is 1. The Morgan fingerprint density at radius 2 is 1.74 bits per heavy atom. The molecule has 7 nitrogen and oxygen atoms in total. The summed E-state index contributed by atoms with van der Waals surface area (Å²) in [5, 5.41) is 2.67. The van der Waals surface area contributed by atoms with E-state index in [0.717, 1.165) is 12.8 Å². The van der Waals surface area contributed by atoms with Crippen LogP contribution in [0.15, 0.2) is 53.4 Å². The van der Waals surface area contributed by atoms with Crippen LogP contribution in [0, 0.1) is 0 Å². The molecule has 0 aliphatic rings. The quantitative estimate of drug-likeness (QED) is 0.533. The summed E-state index contributed by atoms with van der Waals surface area (Å²) < 4.78 is 31.0. The van der Waals surface area contributed by atoms with Crippen molar-refractivity contribution in [1.29, 1.82) is 0 Å². The van der Waals surface area contributed by atoms with E-state index in [1.807, 2.05) is 6.92 Å². The van der Waals surface area contributed by atoms with Crippen LogP contribution < -0.4 is 10.0 Å². The van der Waals surface area contributed by atoms with Crippen molar-refractivity contribution in [1.82, 2.24) is 4.72 Å². The lowest BCUT2D eigenvalue weighted by molar-refractivity contribution is 0.0499. The van der Waals surface area contributed by atoms with Gasteiger partial charge in [0.2, 0.25) is 10.0 Å². The Morgan fingerprint density at radius 1 is 1.04 bits per heavy atom. The second kappa shape index (κ2) is 9.29. The van der Waals surface area contributed by atoms with Gasteiger partial charge in [0.25, 0.3) is 5.91 Å². The Hall–Kier alpha value is -2.71. The van der Waals surface area contributed by atoms with Crippen molar-refractivity contribution in [2.24, 2.45) is 0 Å². The van der Waals surface area contributed by atoms with E-state index in [2.05, 4.69) is 10.0 Å². The normalized spacial score (nSPS) is 11.0. The van der Waals surface area contributed by atoms with Gasteiger partial charge in [0.05, 0.1) is 17.1 Å². The summed E-state index contributed by atoms with van der Waals surface area (Å²) >= 11 is 0. The molecule has 2 aromatic rings. The lowest BCUT2D eigenvalue weighted by atomic mass is 10.2. The second-order valence-electron chi connectivity index (χ2n) is 5.76. The summed E-state index contributed by atoms with van der Waals surface area (Å²) in [6.07, 6.45) is 1.75. The summed E-state index contributed by atoms with van der Waals surface area (Å²) in [7, 11) is -2.33. The maximum Gasteiger partial charge on any atom is 0.338 e. The molecular weight excluding hydrogens is 368 g/mol. The predicted molar refractivity (Wildman–Crippen MR) is 102 cm³/mol. The third kappa shape index (κ3) is 5.63. The van der Waals surface area contributed by atoms with Crippen molar-refractivity contribution < 1.29 is 22.7 Å². The smallest absolute Gasteiger partial charge is 0.338 e. The third-order valence-electron chi connectivity index (χ3n) is 3.78. The minimum atomic E-state index is -3.63. The van der Waals surface area contributed by atoms with Gasteiger partial charge in [-0.1, -0.05) is 19.4 Å². The van der Waals surface area contributed by atoms with Crippen LogP contribution in [0.1, 0.15) is 40.5 Å². The maximum atomic E-state index is 12.4. The molecule has 1 amide bonds. The van der Waals surface area contributed by atoms with Crippen molar-refractivity contribution in [3.8, 4) is 0 Å². The van der Waals surface area contributed by atoms with Crippen LogP contribution in [0.2, 0.25) is 0 Å². The molecule has 0 aliphatic heterocycles. The van der Waals surface area contributed by atoms with E-state index in [1.165, 1.54) is 31.3 Å². The van der Waals surface area contributed by atoms with E-state index in [4.69, 9.17) is 4.74 Å². The van der Waals surface area contributed by atoms with Crippen LogP contribution in [0.4, 0.5) is 5.69 Å². The van der Waals surface area contributed by atoms with E-state index in [1.54, 1.807) is 24.3 Å². The largest absolute Gasteiger partial charge is 0.462 e. The molecule has 2 N–H and O–H groups in total. The summed E-state index contributed by atoms with van der Waals surface area (Å²) in [5.74, 6) is -0.868. The topological polar surface area (TPSA) is 102 Å². The van der Waals surface area contributed by atoms with Gasteiger partial charge in [-0.25, -0.2) is 17.9 Å². The SMILES string of the molecule is CCCCOC(=O)c1ccc(NC(=O)c2cccc(S(=O)(=O)NC)c2)cc1. The van der Waals surface area contributed by atoms with Crippen LogP contribution in [0.5, 0.6) is 0 Å². The van der Waals surface area contributed by atoms with Gasteiger partial charge in [-0.15, -0.1) is 0 Å². The molecule has 0 aliphatic carbocycles. The first-order chi connectivity index (χ1) is 12.9. The van der Waals surface area contributed by atoms with E-state index < -0.39 is 21.9 Å². The van der Waals surface area contributed by atoms with Gasteiger partial charge in [0, 0.05) is 11.3 Å². The molecule has 2 aromatic carbocycles. The van der Waals surface area contributed by atoms with Gasteiger partial charge in [0.15, 0.2) is 0 Å². The number of nitrogens with one attached hydrogen (secondary N) is 2. The molecule has 0 unspecified atom stereocenters. The second-order valence-corrected chi connectivity index (χ2v) is 7.64. The van der Waals surface area contributed by atoms with Crippen LogP contribution in [0.3, 0.4) is 0 Å². The van der Waals surface area contributed by atoms with Crippen molar-refractivity contribution in [3.63, 3.8) is 0 Å². The standard InChI is InChI=1S/C19H22N2O5S/c1-3-4-12-26-19(23)14-8-10-16(11-9-14)21-18(22)15-6-5-7-17(13-15)27(24,25)20-2/h5-11,13,20H,3-4,12H2,1-2H3,(H,21,22). The van der Waals surface area contributed by atoms with Gasteiger partial charge in [-0.2, -0.15) is 0 Å². The average molecular weight is 390 g/mol. The fourth-order valence-electron chi connectivity index (χ4n) is 2.21. The van der Waals surface area contributed by atoms with Crippen LogP contribution in [-0.4, -0.2) is 33.9 Å². The summed E-state index contributed by atoms with van der Waals surface area (Å²) in [6.45, 7) is 2.38. The number of hydrogen-bond acceptors (Lipinski definition) is 5. The number of benzene rings is 2. The zero-order chi connectivity index (χ0) is 19.9. The predicted octanol–water partition coefficient (Wildman–Crippen LogP) is 2.80. The number of sulfonamides is 1. The molecule has 2 rings (SSSR count).